The highest BCUT2D eigenvalue weighted by Crippen LogP contribution is 2.17. The molecular formula is C25H28O8. The number of carboxylic acid groups (broad SMARTS) is 2. The first-order chi connectivity index (χ1) is 15.3. The van der Waals surface area contributed by atoms with Gasteiger partial charge in [-0.05, 0) is 72.9 Å². The van der Waals surface area contributed by atoms with Crippen molar-refractivity contribution in [2.45, 2.75) is 34.6 Å². The highest BCUT2D eigenvalue weighted by Gasteiger charge is 1.96. The van der Waals surface area contributed by atoms with E-state index >= 15 is 0 Å². The summed E-state index contributed by atoms with van der Waals surface area (Å²) in [4.78, 5) is 40.0. The van der Waals surface area contributed by atoms with Gasteiger partial charge in [0.2, 0.25) is 0 Å². The molecule has 0 heterocycles. The first-order valence-electron chi connectivity index (χ1n) is 9.69. The maximum absolute atomic E-state index is 10.2. The SMILES string of the molecule is CC(=O)OC(C)=O.Cc1cc(/C=C/C(=O)O)ccc1O.Cc1ccc(/C=C/C(=O)O)cc1C. The Kier molecular flexibility index (Phi) is 12.9. The average molecular weight is 456 g/mol. The van der Waals surface area contributed by atoms with Gasteiger partial charge in [-0.1, -0.05) is 24.3 Å². The summed E-state index contributed by atoms with van der Waals surface area (Å²) in [7, 11) is 0. The van der Waals surface area contributed by atoms with Gasteiger partial charge in [-0.2, -0.15) is 0 Å². The Morgan fingerprint density at radius 2 is 1.12 bits per heavy atom. The lowest BCUT2D eigenvalue weighted by Gasteiger charge is -1.99. The van der Waals surface area contributed by atoms with Crippen LogP contribution in [0.3, 0.4) is 0 Å². The quantitative estimate of drug-likeness (QED) is 0.352. The highest BCUT2D eigenvalue weighted by atomic mass is 16.6. The number of benzene rings is 2. The third kappa shape index (κ3) is 14.4. The Balaban J connectivity index is 0.000000490. The standard InChI is InChI=1S/C11H12O2.C10H10O3.C4H6O3/c1-8-3-4-10(7-9(8)2)5-6-11(12)13;1-7-6-8(2-4-9(7)11)3-5-10(12)13;1-3(5)7-4(2)6/h3-7H,1-2H3,(H,12,13);2-6,11H,1H3,(H,12,13);1-2H3/b6-5+;5-3+;. The van der Waals surface area contributed by atoms with E-state index in [1.807, 2.05) is 32.0 Å². The van der Waals surface area contributed by atoms with Crippen LogP contribution in [-0.2, 0) is 23.9 Å². The molecule has 0 aliphatic rings. The molecule has 0 bridgehead atoms. The largest absolute Gasteiger partial charge is 0.508 e. The molecule has 2 rings (SSSR count). The number of phenolic OH excluding ortho intramolecular Hbond substituents is 1. The zero-order chi connectivity index (χ0) is 25.6. The van der Waals surface area contributed by atoms with E-state index < -0.39 is 23.9 Å². The lowest BCUT2D eigenvalue weighted by molar-refractivity contribution is -0.156. The minimum Gasteiger partial charge on any atom is -0.508 e. The first kappa shape index (κ1) is 28.8. The number of carboxylic acids is 2. The molecule has 0 radical (unpaired) electrons. The number of hydrogen-bond donors (Lipinski definition) is 3. The van der Waals surface area contributed by atoms with Gasteiger partial charge in [0, 0.05) is 26.0 Å². The van der Waals surface area contributed by atoms with Crippen LogP contribution in [0.1, 0.15) is 41.7 Å². The van der Waals surface area contributed by atoms with E-state index in [2.05, 4.69) is 4.74 Å². The van der Waals surface area contributed by atoms with Crippen molar-refractivity contribution in [1.82, 2.24) is 0 Å². The molecule has 0 unspecified atom stereocenters. The molecule has 0 atom stereocenters. The monoisotopic (exact) mass is 456 g/mol. The normalized spacial score (nSPS) is 9.97. The van der Waals surface area contributed by atoms with Crippen molar-refractivity contribution in [3.8, 4) is 5.75 Å². The average Bonchev–Trinajstić information content (AvgIpc) is 2.69. The van der Waals surface area contributed by atoms with Crippen LogP contribution >= 0.6 is 0 Å². The number of ether oxygens (including phenoxy) is 1. The van der Waals surface area contributed by atoms with Crippen LogP contribution in [0.2, 0.25) is 0 Å². The number of carbonyl (C=O) groups excluding carboxylic acids is 2. The van der Waals surface area contributed by atoms with Crippen LogP contribution in [0.15, 0.2) is 48.6 Å². The van der Waals surface area contributed by atoms with Gasteiger partial charge in [0.1, 0.15) is 5.75 Å². The van der Waals surface area contributed by atoms with Gasteiger partial charge in [-0.3, -0.25) is 9.59 Å². The number of esters is 2. The van der Waals surface area contributed by atoms with Gasteiger partial charge < -0.3 is 20.1 Å². The molecule has 8 heteroatoms. The van der Waals surface area contributed by atoms with Gasteiger partial charge in [0.25, 0.3) is 0 Å². The van der Waals surface area contributed by atoms with Crippen LogP contribution in [0.25, 0.3) is 12.2 Å². The molecule has 0 aliphatic heterocycles. The fourth-order valence-electron chi connectivity index (χ4n) is 2.19. The van der Waals surface area contributed by atoms with Crippen molar-refractivity contribution in [1.29, 1.82) is 0 Å². The fraction of sp³-hybridized carbons (Fsp3) is 0.200. The zero-order valence-electron chi connectivity index (χ0n) is 19.2. The van der Waals surface area contributed by atoms with Crippen LogP contribution < -0.4 is 0 Å². The maximum Gasteiger partial charge on any atom is 0.328 e. The van der Waals surface area contributed by atoms with E-state index in [4.69, 9.17) is 10.2 Å². The van der Waals surface area contributed by atoms with E-state index in [-0.39, 0.29) is 5.75 Å². The van der Waals surface area contributed by atoms with Crippen LogP contribution in [0, 0.1) is 20.8 Å². The molecule has 2 aromatic rings. The summed E-state index contributed by atoms with van der Waals surface area (Å²) in [5.41, 5.74) is 4.80. The molecule has 8 nitrogen and oxygen atoms in total. The topological polar surface area (TPSA) is 138 Å². The highest BCUT2D eigenvalue weighted by molar-refractivity contribution is 5.85. The smallest absolute Gasteiger partial charge is 0.328 e. The summed E-state index contributed by atoms with van der Waals surface area (Å²) in [6.07, 6.45) is 5.28. The number of aliphatic carboxylic acids is 2. The molecule has 2 aromatic carbocycles. The van der Waals surface area contributed by atoms with Crippen molar-refractivity contribution >= 4 is 36.0 Å². The van der Waals surface area contributed by atoms with Gasteiger partial charge in [-0.15, -0.1) is 0 Å². The number of phenols is 1. The summed E-state index contributed by atoms with van der Waals surface area (Å²) >= 11 is 0. The molecule has 0 saturated heterocycles. The van der Waals surface area contributed by atoms with E-state index in [0.717, 1.165) is 28.8 Å². The number of hydrogen-bond acceptors (Lipinski definition) is 6. The summed E-state index contributed by atoms with van der Waals surface area (Å²) in [6.45, 7) is 8.16. The molecule has 33 heavy (non-hydrogen) atoms. The molecular weight excluding hydrogens is 428 g/mol. The van der Waals surface area contributed by atoms with E-state index in [1.54, 1.807) is 25.1 Å². The Labute approximate surface area is 192 Å². The van der Waals surface area contributed by atoms with Gasteiger partial charge in [0.05, 0.1) is 0 Å². The third-order valence-corrected chi connectivity index (χ3v) is 3.88. The second-order valence-electron chi connectivity index (χ2n) is 6.82. The Bertz CT molecular complexity index is 965. The third-order valence-electron chi connectivity index (χ3n) is 3.88. The second-order valence-corrected chi connectivity index (χ2v) is 6.82. The number of rotatable bonds is 4. The number of aromatic hydroxyl groups is 1. The van der Waals surface area contributed by atoms with Crippen molar-refractivity contribution in [2.75, 3.05) is 0 Å². The summed E-state index contributed by atoms with van der Waals surface area (Å²) in [5, 5.41) is 26.0. The molecule has 0 fully saturated rings. The molecule has 0 amide bonds. The summed E-state index contributed by atoms with van der Waals surface area (Å²) in [6, 6.07) is 10.8. The first-order valence-corrected chi connectivity index (χ1v) is 9.69. The molecule has 0 spiro atoms. The predicted octanol–water partition coefficient (Wildman–Crippen LogP) is 4.30. The van der Waals surface area contributed by atoms with Crippen LogP contribution in [-0.4, -0.2) is 39.2 Å². The van der Waals surface area contributed by atoms with E-state index in [1.165, 1.54) is 37.1 Å². The van der Waals surface area contributed by atoms with E-state index in [0.29, 0.717) is 0 Å². The lowest BCUT2D eigenvalue weighted by atomic mass is 10.1. The fourth-order valence-corrected chi connectivity index (χ4v) is 2.19. The molecule has 0 aliphatic carbocycles. The predicted molar refractivity (Wildman–Crippen MR) is 125 cm³/mol. The maximum atomic E-state index is 10.2. The van der Waals surface area contributed by atoms with Crippen LogP contribution in [0.4, 0.5) is 0 Å². The molecule has 3 N–H and O–H groups in total. The minimum atomic E-state index is -0.981. The van der Waals surface area contributed by atoms with Gasteiger partial charge >= 0.3 is 23.9 Å². The van der Waals surface area contributed by atoms with Crippen molar-refractivity contribution in [3.63, 3.8) is 0 Å². The lowest BCUT2D eigenvalue weighted by Crippen LogP contribution is -2.03. The minimum absolute atomic E-state index is 0.215. The number of aryl methyl sites for hydroxylation is 3. The zero-order valence-corrected chi connectivity index (χ0v) is 19.2. The van der Waals surface area contributed by atoms with Crippen molar-refractivity contribution in [2.24, 2.45) is 0 Å². The van der Waals surface area contributed by atoms with E-state index in [9.17, 15) is 24.3 Å². The van der Waals surface area contributed by atoms with Gasteiger partial charge in [0.15, 0.2) is 0 Å². The molecule has 176 valence electrons. The molecule has 0 saturated carbocycles. The van der Waals surface area contributed by atoms with Crippen molar-refractivity contribution in [3.05, 3.63) is 76.4 Å². The Hall–Kier alpha value is -4.20. The Morgan fingerprint density at radius 1 is 0.697 bits per heavy atom. The molecule has 0 aromatic heterocycles. The second kappa shape index (κ2) is 14.7. The van der Waals surface area contributed by atoms with Gasteiger partial charge in [-0.25, -0.2) is 9.59 Å². The number of carbonyl (C=O) groups is 4. The Morgan fingerprint density at radius 3 is 1.45 bits per heavy atom. The summed E-state index contributed by atoms with van der Waals surface area (Å²) < 4.78 is 3.97. The van der Waals surface area contributed by atoms with Crippen LogP contribution in [0.5, 0.6) is 5.75 Å². The summed E-state index contributed by atoms with van der Waals surface area (Å²) in [5.74, 6) is -2.81. The van der Waals surface area contributed by atoms with Crippen molar-refractivity contribution < 1.29 is 39.2 Å².